The smallest absolute Gasteiger partial charge is 0.323 e. The number of hydrogen-bond donors (Lipinski definition) is 2. The van der Waals surface area contributed by atoms with Crippen molar-refractivity contribution in [3.63, 3.8) is 0 Å². The maximum absolute atomic E-state index is 13.5. The van der Waals surface area contributed by atoms with Crippen molar-refractivity contribution >= 4 is 29.0 Å². The molecule has 2 aliphatic carbocycles. The number of aliphatic carboxylic acids is 1. The van der Waals surface area contributed by atoms with Gasteiger partial charge in [0.25, 0.3) is 5.91 Å². The van der Waals surface area contributed by atoms with Gasteiger partial charge >= 0.3 is 5.97 Å². The van der Waals surface area contributed by atoms with E-state index in [-0.39, 0.29) is 25.0 Å². The summed E-state index contributed by atoms with van der Waals surface area (Å²) < 4.78 is 5.66. The first kappa shape index (κ1) is 38.4. The van der Waals surface area contributed by atoms with Crippen molar-refractivity contribution in [2.45, 2.75) is 91.2 Å². The Morgan fingerprint density at radius 3 is 2.09 bits per heavy atom. The van der Waals surface area contributed by atoms with Crippen LogP contribution in [-0.4, -0.2) is 50.4 Å². The van der Waals surface area contributed by atoms with Crippen molar-refractivity contribution in [2.75, 3.05) is 11.9 Å². The van der Waals surface area contributed by atoms with Gasteiger partial charge in [0.1, 0.15) is 12.3 Å². The Kier molecular flexibility index (Phi) is 12.9. The summed E-state index contributed by atoms with van der Waals surface area (Å²) in [7, 11) is 0. The topological polar surface area (TPSA) is 122 Å². The van der Waals surface area contributed by atoms with Gasteiger partial charge in [-0.15, -0.1) is 0 Å². The van der Waals surface area contributed by atoms with E-state index >= 15 is 0 Å². The quantitative estimate of drug-likeness (QED) is 0.133. The number of carbonyl (C=O) groups excluding carboxylic acids is 2. The molecule has 1 heterocycles. The molecule has 0 saturated heterocycles. The number of hydrogen-bond acceptors (Lipinski definition) is 6. The van der Waals surface area contributed by atoms with Gasteiger partial charge in [0.15, 0.2) is 5.82 Å². The van der Waals surface area contributed by atoms with Gasteiger partial charge < -0.3 is 20.1 Å². The molecule has 2 amide bonds. The van der Waals surface area contributed by atoms with E-state index in [1.165, 1.54) is 49.0 Å². The van der Waals surface area contributed by atoms with Crippen LogP contribution >= 0.6 is 0 Å². The zero-order chi connectivity index (χ0) is 38.0. The van der Waals surface area contributed by atoms with Gasteiger partial charge in [-0.1, -0.05) is 68.7 Å². The number of carbonyl (C=O) groups is 3. The third-order valence-corrected chi connectivity index (χ3v) is 10.9. The average molecular weight is 729 g/mol. The third kappa shape index (κ3) is 10.4. The van der Waals surface area contributed by atoms with E-state index in [2.05, 4.69) is 28.3 Å². The summed E-state index contributed by atoms with van der Waals surface area (Å²) in [6, 6.07) is 21.4. The van der Waals surface area contributed by atoms with E-state index < -0.39 is 18.4 Å². The molecular formula is C45H52N4O5. The van der Waals surface area contributed by atoms with Gasteiger partial charge in [-0.3, -0.25) is 14.4 Å². The Balaban J connectivity index is 1.02. The molecule has 9 nitrogen and oxygen atoms in total. The molecule has 1 aromatic heterocycles. The standard InChI is InChI=1S/C45H52N4O5/c1-4-31-5-11-34(12-6-31)35-15-17-36(18-16-35)39-26-46-44(47-27-39)37-13-7-33(8-14-37)28-49(29-43(51)52)45(53)38-19-21-40(22-20-38)48-42(50)25-32-9-23-41(24-10-32)54-30(2)3/h7-10,13-14,17,19-24,26-27,30-31,34-35H,4-6,11-12,15-16,18,25,28-29H2,1-3H3,(H,48,50)(H,51,52). The molecule has 1 unspecified atom stereocenters. The van der Waals surface area contributed by atoms with Crippen LogP contribution in [0.15, 0.2) is 91.3 Å². The van der Waals surface area contributed by atoms with Crippen LogP contribution in [0.2, 0.25) is 0 Å². The van der Waals surface area contributed by atoms with Crippen molar-refractivity contribution < 1.29 is 24.2 Å². The fourth-order valence-electron chi connectivity index (χ4n) is 7.83. The third-order valence-electron chi connectivity index (χ3n) is 10.9. The lowest BCUT2D eigenvalue weighted by Gasteiger charge is -2.35. The number of aromatic nitrogens is 2. The molecule has 1 fully saturated rings. The summed E-state index contributed by atoms with van der Waals surface area (Å²) in [5, 5.41) is 12.5. The maximum Gasteiger partial charge on any atom is 0.323 e. The lowest BCUT2D eigenvalue weighted by atomic mass is 9.71. The van der Waals surface area contributed by atoms with Crippen molar-refractivity contribution in [1.82, 2.24) is 14.9 Å². The molecule has 282 valence electrons. The van der Waals surface area contributed by atoms with Gasteiger partial charge in [-0.05, 0) is 117 Å². The number of ether oxygens (including phenoxy) is 1. The average Bonchev–Trinajstić information content (AvgIpc) is 3.18. The van der Waals surface area contributed by atoms with Crippen LogP contribution in [0.4, 0.5) is 5.69 Å². The van der Waals surface area contributed by atoms with Gasteiger partial charge in [0.05, 0.1) is 12.5 Å². The molecule has 0 aliphatic heterocycles. The first-order chi connectivity index (χ1) is 26.1. The molecule has 0 bridgehead atoms. The Morgan fingerprint density at radius 1 is 0.833 bits per heavy atom. The first-order valence-electron chi connectivity index (χ1n) is 19.4. The molecule has 54 heavy (non-hydrogen) atoms. The predicted octanol–water partition coefficient (Wildman–Crippen LogP) is 9.24. The molecule has 2 N–H and O–H groups in total. The Morgan fingerprint density at radius 2 is 1.50 bits per heavy atom. The minimum absolute atomic E-state index is 0.0684. The maximum atomic E-state index is 13.5. The summed E-state index contributed by atoms with van der Waals surface area (Å²) in [6.07, 6.45) is 16.9. The number of nitrogens with zero attached hydrogens (tertiary/aromatic N) is 3. The van der Waals surface area contributed by atoms with Gasteiger partial charge in [-0.25, -0.2) is 9.97 Å². The van der Waals surface area contributed by atoms with Crippen molar-refractivity contribution in [3.05, 3.63) is 114 Å². The van der Waals surface area contributed by atoms with Crippen LogP contribution in [0.25, 0.3) is 17.0 Å². The molecule has 0 radical (unpaired) electrons. The second-order valence-corrected chi connectivity index (χ2v) is 15.1. The molecule has 3 aromatic carbocycles. The zero-order valence-corrected chi connectivity index (χ0v) is 31.7. The second kappa shape index (κ2) is 18.1. The predicted molar refractivity (Wildman–Crippen MR) is 212 cm³/mol. The lowest BCUT2D eigenvalue weighted by Crippen LogP contribution is -2.35. The van der Waals surface area contributed by atoms with E-state index in [4.69, 9.17) is 4.74 Å². The minimum Gasteiger partial charge on any atom is -0.491 e. The molecular weight excluding hydrogens is 677 g/mol. The van der Waals surface area contributed by atoms with E-state index in [9.17, 15) is 19.5 Å². The van der Waals surface area contributed by atoms with Crippen LogP contribution in [-0.2, 0) is 22.6 Å². The van der Waals surface area contributed by atoms with Crippen LogP contribution in [0.1, 0.15) is 99.2 Å². The van der Waals surface area contributed by atoms with Gasteiger partial charge in [0, 0.05) is 41.3 Å². The highest BCUT2D eigenvalue weighted by Gasteiger charge is 2.28. The number of amides is 2. The van der Waals surface area contributed by atoms with Crippen LogP contribution in [0.3, 0.4) is 0 Å². The number of rotatable bonds is 14. The summed E-state index contributed by atoms with van der Waals surface area (Å²) in [6.45, 7) is 5.89. The van der Waals surface area contributed by atoms with Crippen LogP contribution in [0, 0.1) is 17.8 Å². The van der Waals surface area contributed by atoms with E-state index in [1.54, 1.807) is 24.3 Å². The first-order valence-corrected chi connectivity index (χ1v) is 19.4. The van der Waals surface area contributed by atoms with Crippen molar-refractivity contribution in [3.8, 4) is 17.1 Å². The Bertz CT molecular complexity index is 1900. The summed E-state index contributed by atoms with van der Waals surface area (Å²) in [4.78, 5) is 48.5. The largest absolute Gasteiger partial charge is 0.491 e. The summed E-state index contributed by atoms with van der Waals surface area (Å²) >= 11 is 0. The molecule has 1 saturated carbocycles. The SMILES string of the molecule is CCC1CCC(C2CC=C(c3cnc(-c4ccc(CN(CC(=O)O)C(=O)c5ccc(NC(=O)Cc6ccc(OC(C)C)cc6)cc5)cc4)nc3)CC2)CC1. The molecule has 0 spiro atoms. The highest BCUT2D eigenvalue weighted by molar-refractivity contribution is 5.97. The van der Waals surface area contributed by atoms with Crippen LogP contribution in [0.5, 0.6) is 5.75 Å². The Hall–Kier alpha value is -5.31. The molecule has 2 aliphatic rings. The van der Waals surface area contributed by atoms with E-state index in [0.717, 1.165) is 58.6 Å². The molecule has 6 rings (SSSR count). The van der Waals surface area contributed by atoms with Crippen molar-refractivity contribution in [1.29, 1.82) is 0 Å². The summed E-state index contributed by atoms with van der Waals surface area (Å²) in [5.74, 6) is 2.25. The number of carboxylic acid groups (broad SMARTS) is 1. The lowest BCUT2D eigenvalue weighted by molar-refractivity contribution is -0.137. The molecule has 9 heteroatoms. The number of nitrogens with one attached hydrogen (secondary N) is 1. The highest BCUT2D eigenvalue weighted by Crippen LogP contribution is 2.41. The monoisotopic (exact) mass is 728 g/mol. The normalized spacial score (nSPS) is 18.4. The van der Waals surface area contributed by atoms with Crippen molar-refractivity contribution in [2.24, 2.45) is 17.8 Å². The fourth-order valence-corrected chi connectivity index (χ4v) is 7.83. The number of anilines is 1. The number of allylic oxidation sites excluding steroid dienone is 2. The molecule has 4 aromatic rings. The van der Waals surface area contributed by atoms with Gasteiger partial charge in [-0.2, -0.15) is 0 Å². The second-order valence-electron chi connectivity index (χ2n) is 15.1. The van der Waals surface area contributed by atoms with Crippen LogP contribution < -0.4 is 10.1 Å². The number of carboxylic acids is 1. The van der Waals surface area contributed by atoms with E-state index in [1.807, 2.05) is 74.8 Å². The Labute approximate surface area is 318 Å². The van der Waals surface area contributed by atoms with Gasteiger partial charge in [0.2, 0.25) is 5.91 Å². The summed E-state index contributed by atoms with van der Waals surface area (Å²) in [5.41, 5.74) is 5.75. The van der Waals surface area contributed by atoms with E-state index in [0.29, 0.717) is 17.1 Å². The fraction of sp³-hybridized carbons (Fsp3) is 0.400. The minimum atomic E-state index is -1.11. The zero-order valence-electron chi connectivity index (χ0n) is 31.7. The number of benzene rings is 3. The highest BCUT2D eigenvalue weighted by atomic mass is 16.5. The molecule has 1 atom stereocenters.